The standard InChI is InChI=1S/C21H27N3O3/c1-2-7-19-18(14-22-24(19)17-9-4-3-5-10-17)21(27)23-13-6-8-16(15-23)11-12-20(25)26/h3-5,9-10,14,16H,2,6-8,11-13,15H2,1H3,(H,25,26). The summed E-state index contributed by atoms with van der Waals surface area (Å²) in [5.41, 5.74) is 2.57. The van der Waals surface area contributed by atoms with Gasteiger partial charge in [0.1, 0.15) is 0 Å². The Morgan fingerprint density at radius 3 is 2.74 bits per heavy atom. The first-order chi connectivity index (χ1) is 13.1. The van der Waals surface area contributed by atoms with Crippen LogP contribution in [0.25, 0.3) is 5.69 Å². The Morgan fingerprint density at radius 2 is 2.04 bits per heavy atom. The number of para-hydroxylation sites is 1. The predicted octanol–water partition coefficient (Wildman–Crippen LogP) is 3.54. The summed E-state index contributed by atoms with van der Waals surface area (Å²) in [5.74, 6) is -0.494. The Kier molecular flexibility index (Phi) is 6.27. The van der Waals surface area contributed by atoms with E-state index >= 15 is 0 Å². The second-order valence-electron chi connectivity index (χ2n) is 7.19. The number of aromatic nitrogens is 2. The summed E-state index contributed by atoms with van der Waals surface area (Å²) in [4.78, 5) is 25.9. The fourth-order valence-electron chi connectivity index (χ4n) is 3.80. The lowest BCUT2D eigenvalue weighted by Crippen LogP contribution is -2.40. The molecular formula is C21H27N3O3. The van der Waals surface area contributed by atoms with Gasteiger partial charge in [-0.2, -0.15) is 5.10 Å². The zero-order valence-electron chi connectivity index (χ0n) is 15.8. The lowest BCUT2D eigenvalue weighted by molar-refractivity contribution is -0.137. The fraction of sp³-hybridized carbons (Fsp3) is 0.476. The van der Waals surface area contributed by atoms with E-state index < -0.39 is 5.97 Å². The molecule has 1 aliphatic rings. The molecule has 0 spiro atoms. The number of carboxylic acids is 1. The van der Waals surface area contributed by atoms with Crippen molar-refractivity contribution < 1.29 is 14.7 Å². The van der Waals surface area contributed by atoms with Crippen LogP contribution in [0.3, 0.4) is 0 Å². The molecule has 1 unspecified atom stereocenters. The van der Waals surface area contributed by atoms with Crippen LogP contribution in [0.2, 0.25) is 0 Å². The van der Waals surface area contributed by atoms with Crippen LogP contribution in [-0.2, 0) is 11.2 Å². The van der Waals surface area contributed by atoms with Gasteiger partial charge in [0, 0.05) is 19.5 Å². The third-order valence-electron chi connectivity index (χ3n) is 5.16. The number of carboxylic acid groups (broad SMARTS) is 1. The summed E-state index contributed by atoms with van der Waals surface area (Å²) in [6, 6.07) is 9.87. The molecule has 2 heterocycles. The Labute approximate surface area is 159 Å². The Balaban J connectivity index is 1.80. The van der Waals surface area contributed by atoms with Gasteiger partial charge in [-0.15, -0.1) is 0 Å². The molecule has 1 N–H and O–H groups in total. The fourth-order valence-corrected chi connectivity index (χ4v) is 3.80. The SMILES string of the molecule is CCCc1c(C(=O)N2CCCC(CCC(=O)O)C2)cnn1-c1ccccc1. The molecular weight excluding hydrogens is 342 g/mol. The molecule has 1 fully saturated rings. The molecule has 0 bridgehead atoms. The van der Waals surface area contributed by atoms with E-state index in [-0.39, 0.29) is 18.2 Å². The van der Waals surface area contributed by atoms with Gasteiger partial charge in [-0.1, -0.05) is 31.5 Å². The first-order valence-electron chi connectivity index (χ1n) is 9.73. The molecule has 0 radical (unpaired) electrons. The molecule has 2 aromatic rings. The van der Waals surface area contributed by atoms with Crippen molar-refractivity contribution in [3.63, 3.8) is 0 Å². The van der Waals surface area contributed by atoms with Crippen LogP contribution >= 0.6 is 0 Å². The average molecular weight is 369 g/mol. The highest BCUT2D eigenvalue weighted by Crippen LogP contribution is 2.24. The van der Waals surface area contributed by atoms with E-state index in [0.717, 1.165) is 43.6 Å². The largest absolute Gasteiger partial charge is 0.481 e. The summed E-state index contributed by atoms with van der Waals surface area (Å²) in [7, 11) is 0. The van der Waals surface area contributed by atoms with Gasteiger partial charge in [-0.3, -0.25) is 9.59 Å². The zero-order valence-corrected chi connectivity index (χ0v) is 15.8. The number of hydrogen-bond donors (Lipinski definition) is 1. The lowest BCUT2D eigenvalue weighted by atomic mass is 9.93. The van der Waals surface area contributed by atoms with Gasteiger partial charge in [-0.25, -0.2) is 4.68 Å². The Hall–Kier alpha value is -2.63. The number of hydrogen-bond acceptors (Lipinski definition) is 3. The number of nitrogens with zero attached hydrogens (tertiary/aromatic N) is 3. The number of rotatable bonds is 7. The van der Waals surface area contributed by atoms with E-state index in [9.17, 15) is 9.59 Å². The second kappa shape index (κ2) is 8.84. The van der Waals surface area contributed by atoms with Crippen LogP contribution in [0, 0.1) is 5.92 Å². The van der Waals surface area contributed by atoms with Gasteiger partial charge in [0.2, 0.25) is 0 Å². The molecule has 144 valence electrons. The van der Waals surface area contributed by atoms with E-state index in [2.05, 4.69) is 12.0 Å². The topological polar surface area (TPSA) is 75.4 Å². The van der Waals surface area contributed by atoms with Crippen molar-refractivity contribution in [1.82, 2.24) is 14.7 Å². The maximum atomic E-state index is 13.2. The van der Waals surface area contributed by atoms with E-state index in [1.54, 1.807) is 6.20 Å². The number of likely N-dealkylation sites (tertiary alicyclic amines) is 1. The van der Waals surface area contributed by atoms with Crippen molar-refractivity contribution >= 4 is 11.9 Å². The molecule has 0 saturated carbocycles. The van der Waals surface area contributed by atoms with Crippen LogP contribution in [0.5, 0.6) is 0 Å². The molecule has 0 aliphatic carbocycles. The third kappa shape index (κ3) is 4.56. The highest BCUT2D eigenvalue weighted by molar-refractivity contribution is 5.95. The van der Waals surface area contributed by atoms with Crippen molar-refractivity contribution in [3.05, 3.63) is 47.8 Å². The summed E-state index contributed by atoms with van der Waals surface area (Å²) < 4.78 is 1.86. The Morgan fingerprint density at radius 1 is 1.26 bits per heavy atom. The van der Waals surface area contributed by atoms with Crippen LogP contribution in [0.1, 0.15) is 55.1 Å². The number of aliphatic carboxylic acids is 1. The van der Waals surface area contributed by atoms with E-state index in [1.165, 1.54) is 0 Å². The molecule has 1 atom stereocenters. The molecule has 6 nitrogen and oxygen atoms in total. The summed E-state index contributed by atoms with van der Waals surface area (Å²) in [5, 5.41) is 13.4. The number of carbonyl (C=O) groups excluding carboxylic acids is 1. The molecule has 27 heavy (non-hydrogen) atoms. The van der Waals surface area contributed by atoms with Gasteiger partial charge in [0.05, 0.1) is 23.1 Å². The maximum absolute atomic E-state index is 13.2. The highest BCUT2D eigenvalue weighted by atomic mass is 16.4. The second-order valence-corrected chi connectivity index (χ2v) is 7.19. The normalized spacial score (nSPS) is 17.1. The first kappa shape index (κ1) is 19.1. The van der Waals surface area contributed by atoms with Gasteiger partial charge in [0.25, 0.3) is 5.91 Å². The van der Waals surface area contributed by atoms with Gasteiger partial charge in [-0.05, 0) is 43.7 Å². The van der Waals surface area contributed by atoms with Gasteiger partial charge < -0.3 is 10.0 Å². The number of amides is 1. The maximum Gasteiger partial charge on any atom is 0.303 e. The number of carbonyl (C=O) groups is 2. The Bertz CT molecular complexity index is 785. The summed E-state index contributed by atoms with van der Waals surface area (Å²) in [6.07, 6.45) is 6.10. The number of benzene rings is 1. The van der Waals surface area contributed by atoms with Crippen molar-refractivity contribution in [2.24, 2.45) is 5.92 Å². The molecule has 1 aliphatic heterocycles. The van der Waals surface area contributed by atoms with Crippen LogP contribution in [-0.4, -0.2) is 44.8 Å². The third-order valence-corrected chi connectivity index (χ3v) is 5.16. The van der Waals surface area contributed by atoms with E-state index in [1.807, 2.05) is 39.9 Å². The quantitative estimate of drug-likeness (QED) is 0.810. The van der Waals surface area contributed by atoms with Gasteiger partial charge in [0.15, 0.2) is 0 Å². The first-order valence-corrected chi connectivity index (χ1v) is 9.73. The lowest BCUT2D eigenvalue weighted by Gasteiger charge is -2.32. The zero-order chi connectivity index (χ0) is 19.2. The molecule has 1 amide bonds. The van der Waals surface area contributed by atoms with Crippen molar-refractivity contribution in [2.45, 2.75) is 45.4 Å². The summed E-state index contributed by atoms with van der Waals surface area (Å²) in [6.45, 7) is 3.46. The van der Waals surface area contributed by atoms with Crippen LogP contribution in [0.4, 0.5) is 0 Å². The van der Waals surface area contributed by atoms with E-state index in [4.69, 9.17) is 5.11 Å². The smallest absolute Gasteiger partial charge is 0.303 e. The molecule has 1 aromatic heterocycles. The predicted molar refractivity (Wildman–Crippen MR) is 103 cm³/mol. The summed E-state index contributed by atoms with van der Waals surface area (Å²) >= 11 is 0. The minimum Gasteiger partial charge on any atom is -0.481 e. The molecule has 3 rings (SSSR count). The minimum atomic E-state index is -0.771. The molecule has 6 heteroatoms. The van der Waals surface area contributed by atoms with Crippen molar-refractivity contribution in [1.29, 1.82) is 0 Å². The monoisotopic (exact) mass is 369 g/mol. The van der Waals surface area contributed by atoms with Crippen LogP contribution in [0.15, 0.2) is 36.5 Å². The highest BCUT2D eigenvalue weighted by Gasteiger charge is 2.28. The van der Waals surface area contributed by atoms with Crippen molar-refractivity contribution in [3.8, 4) is 5.69 Å². The minimum absolute atomic E-state index is 0.0145. The number of piperidine rings is 1. The van der Waals surface area contributed by atoms with Crippen molar-refractivity contribution in [2.75, 3.05) is 13.1 Å². The van der Waals surface area contributed by atoms with Crippen LogP contribution < -0.4 is 0 Å². The van der Waals surface area contributed by atoms with Gasteiger partial charge >= 0.3 is 5.97 Å². The van der Waals surface area contributed by atoms with E-state index in [0.29, 0.717) is 18.5 Å². The molecule has 1 saturated heterocycles. The molecule has 1 aromatic carbocycles. The average Bonchev–Trinajstić information content (AvgIpc) is 3.10.